The first-order valence-corrected chi connectivity index (χ1v) is 9.69. The highest BCUT2D eigenvalue weighted by atomic mass is 32.1. The molecule has 0 saturated heterocycles. The van der Waals surface area contributed by atoms with Crippen molar-refractivity contribution in [3.05, 3.63) is 72.2 Å². The summed E-state index contributed by atoms with van der Waals surface area (Å²) in [6, 6.07) is 14.2. The zero-order valence-electron chi connectivity index (χ0n) is 15.0. The Kier molecular flexibility index (Phi) is 4.25. The van der Waals surface area contributed by atoms with E-state index < -0.39 is 18.0 Å². The highest BCUT2D eigenvalue weighted by molar-refractivity contribution is 7.19. The van der Waals surface area contributed by atoms with Crippen molar-refractivity contribution in [2.45, 2.75) is 12.5 Å². The van der Waals surface area contributed by atoms with E-state index in [0.29, 0.717) is 34.3 Å². The van der Waals surface area contributed by atoms with Gasteiger partial charge in [0.05, 0.1) is 18.1 Å². The van der Waals surface area contributed by atoms with Gasteiger partial charge in [-0.2, -0.15) is 0 Å². The van der Waals surface area contributed by atoms with Crippen molar-refractivity contribution in [1.29, 1.82) is 0 Å². The first-order chi connectivity index (χ1) is 14.2. The Balaban J connectivity index is 1.42. The molecule has 0 fully saturated rings. The average molecular weight is 406 g/mol. The van der Waals surface area contributed by atoms with E-state index in [1.54, 1.807) is 42.9 Å². The van der Waals surface area contributed by atoms with Crippen LogP contribution in [0.4, 0.5) is 5.13 Å². The van der Waals surface area contributed by atoms with Crippen LogP contribution in [0.3, 0.4) is 0 Å². The number of nitrogens with one attached hydrogen (secondary N) is 1. The summed E-state index contributed by atoms with van der Waals surface area (Å²) < 4.78 is 16.3. The fourth-order valence-electron chi connectivity index (χ4n) is 3.19. The third-order valence-corrected chi connectivity index (χ3v) is 5.53. The van der Waals surface area contributed by atoms with Gasteiger partial charge >= 0.3 is 5.97 Å². The van der Waals surface area contributed by atoms with Crippen LogP contribution in [0, 0.1) is 0 Å². The number of benzene rings is 1. The minimum Gasteiger partial charge on any atom is -0.463 e. The van der Waals surface area contributed by atoms with E-state index in [4.69, 9.17) is 13.6 Å². The van der Waals surface area contributed by atoms with Crippen LogP contribution in [0.25, 0.3) is 22.1 Å². The van der Waals surface area contributed by atoms with Crippen molar-refractivity contribution in [3.8, 4) is 22.1 Å². The quantitative estimate of drug-likeness (QED) is 0.505. The first-order valence-electron chi connectivity index (χ1n) is 8.87. The van der Waals surface area contributed by atoms with E-state index >= 15 is 0 Å². The number of thiazole rings is 1. The molecule has 1 aliphatic rings. The van der Waals surface area contributed by atoms with Crippen molar-refractivity contribution in [2.24, 2.45) is 0 Å². The number of hydrogen-bond donors (Lipinski definition) is 1. The summed E-state index contributed by atoms with van der Waals surface area (Å²) in [5, 5.41) is 3.12. The SMILES string of the molecule is O=C1O[C@H](C(=O)Nc2nc(-c3ccco3)c(-c3ccco3)s2)Cc2ccccc21. The molecule has 0 unspecified atom stereocenters. The van der Waals surface area contributed by atoms with Gasteiger partial charge in [-0.05, 0) is 35.9 Å². The Morgan fingerprint density at radius 2 is 1.79 bits per heavy atom. The number of fused-ring (bicyclic) bond motifs is 1. The van der Waals surface area contributed by atoms with E-state index in [1.807, 2.05) is 18.2 Å². The minimum atomic E-state index is -0.916. The molecule has 29 heavy (non-hydrogen) atoms. The lowest BCUT2D eigenvalue weighted by atomic mass is 9.98. The third-order valence-electron chi connectivity index (χ3n) is 4.54. The second kappa shape index (κ2) is 7.06. The van der Waals surface area contributed by atoms with Gasteiger partial charge in [0, 0.05) is 6.42 Å². The van der Waals surface area contributed by atoms with Gasteiger partial charge in [0.25, 0.3) is 5.91 Å². The number of esters is 1. The Morgan fingerprint density at radius 3 is 2.55 bits per heavy atom. The maximum absolute atomic E-state index is 12.7. The predicted octanol–water partition coefficient (Wildman–Crippen LogP) is 4.38. The number of hydrogen-bond acceptors (Lipinski definition) is 7. The van der Waals surface area contributed by atoms with Crippen LogP contribution in [0.1, 0.15) is 15.9 Å². The molecule has 4 aromatic rings. The van der Waals surface area contributed by atoms with Gasteiger partial charge in [0.2, 0.25) is 0 Å². The van der Waals surface area contributed by atoms with Crippen LogP contribution in [0.15, 0.2) is 69.9 Å². The van der Waals surface area contributed by atoms with Gasteiger partial charge in [-0.3, -0.25) is 10.1 Å². The van der Waals surface area contributed by atoms with Gasteiger partial charge in [-0.25, -0.2) is 9.78 Å². The Hall–Kier alpha value is -3.65. The molecular weight excluding hydrogens is 392 g/mol. The number of anilines is 1. The topological polar surface area (TPSA) is 94.6 Å². The largest absolute Gasteiger partial charge is 0.463 e. The molecule has 7 nitrogen and oxygen atoms in total. The van der Waals surface area contributed by atoms with Crippen LogP contribution in [-0.2, 0) is 16.0 Å². The fraction of sp³-hybridized carbons (Fsp3) is 0.0952. The van der Waals surface area contributed by atoms with Crippen LogP contribution < -0.4 is 5.32 Å². The van der Waals surface area contributed by atoms with Crippen molar-refractivity contribution in [1.82, 2.24) is 4.98 Å². The van der Waals surface area contributed by atoms with Crippen LogP contribution in [-0.4, -0.2) is 23.0 Å². The van der Waals surface area contributed by atoms with Gasteiger partial charge in [0.1, 0.15) is 16.3 Å². The Labute approximate surface area is 168 Å². The molecule has 0 saturated carbocycles. The summed E-state index contributed by atoms with van der Waals surface area (Å²) in [4.78, 5) is 30.2. The number of nitrogens with zero attached hydrogens (tertiary/aromatic N) is 1. The number of carbonyl (C=O) groups is 2. The van der Waals surface area contributed by atoms with Gasteiger partial charge in [0.15, 0.2) is 17.0 Å². The number of carbonyl (C=O) groups excluding carboxylic acids is 2. The molecule has 1 atom stereocenters. The third kappa shape index (κ3) is 3.23. The lowest BCUT2D eigenvalue weighted by Gasteiger charge is -2.23. The highest BCUT2D eigenvalue weighted by Gasteiger charge is 2.32. The summed E-state index contributed by atoms with van der Waals surface area (Å²) >= 11 is 1.26. The summed E-state index contributed by atoms with van der Waals surface area (Å²) in [5.74, 6) is 0.246. The zero-order valence-corrected chi connectivity index (χ0v) is 15.8. The molecule has 4 heterocycles. The molecule has 0 spiro atoms. The number of aromatic nitrogens is 1. The monoisotopic (exact) mass is 406 g/mol. The van der Waals surface area contributed by atoms with E-state index in [0.717, 1.165) is 10.4 Å². The molecule has 1 aromatic carbocycles. The second-order valence-corrected chi connectivity index (χ2v) is 7.39. The molecule has 1 aliphatic heterocycles. The molecule has 5 rings (SSSR count). The minimum absolute atomic E-state index is 0.315. The molecule has 144 valence electrons. The highest BCUT2D eigenvalue weighted by Crippen LogP contribution is 2.39. The maximum Gasteiger partial charge on any atom is 0.339 e. The number of amides is 1. The normalized spacial score (nSPS) is 15.6. The lowest BCUT2D eigenvalue weighted by molar-refractivity contribution is -0.125. The van der Waals surface area contributed by atoms with Crippen LogP contribution in [0.2, 0.25) is 0 Å². The smallest absolute Gasteiger partial charge is 0.339 e. The van der Waals surface area contributed by atoms with Gasteiger partial charge in [-0.15, -0.1) is 0 Å². The number of ether oxygens (including phenoxy) is 1. The first kappa shape index (κ1) is 17.4. The summed E-state index contributed by atoms with van der Waals surface area (Å²) in [6.07, 6.45) is 2.52. The summed E-state index contributed by atoms with van der Waals surface area (Å²) in [6.45, 7) is 0. The molecule has 0 bridgehead atoms. The molecule has 1 N–H and O–H groups in total. The fourth-order valence-corrected chi connectivity index (χ4v) is 4.13. The Bertz CT molecular complexity index is 1130. The molecule has 1 amide bonds. The molecule has 0 radical (unpaired) electrons. The van der Waals surface area contributed by atoms with Gasteiger partial charge < -0.3 is 13.6 Å². The maximum atomic E-state index is 12.7. The van der Waals surface area contributed by atoms with E-state index in [9.17, 15) is 9.59 Å². The number of furan rings is 2. The lowest BCUT2D eigenvalue weighted by Crippen LogP contribution is -2.37. The van der Waals surface area contributed by atoms with Crippen LogP contribution in [0.5, 0.6) is 0 Å². The average Bonchev–Trinajstić information content (AvgIpc) is 3.48. The van der Waals surface area contributed by atoms with Crippen molar-refractivity contribution >= 4 is 28.3 Å². The van der Waals surface area contributed by atoms with E-state index in [2.05, 4.69) is 10.3 Å². The number of rotatable bonds is 4. The molecule has 0 aliphatic carbocycles. The molecule has 3 aromatic heterocycles. The zero-order chi connectivity index (χ0) is 19.8. The standard InChI is InChI=1S/C21H14N2O5S/c24-19(16-11-12-5-1-2-6-13(12)20(25)28-16)23-21-22-17(14-7-3-9-26-14)18(29-21)15-8-4-10-27-15/h1-10,16H,11H2,(H,22,23,24)/t16-/m0/s1. The summed E-state index contributed by atoms with van der Waals surface area (Å²) in [5.41, 5.74) is 1.85. The van der Waals surface area contributed by atoms with Crippen LogP contribution >= 0.6 is 11.3 Å². The second-order valence-electron chi connectivity index (χ2n) is 6.40. The molecular formula is C21H14N2O5S. The van der Waals surface area contributed by atoms with Crippen molar-refractivity contribution in [3.63, 3.8) is 0 Å². The summed E-state index contributed by atoms with van der Waals surface area (Å²) in [7, 11) is 0. The van der Waals surface area contributed by atoms with Crippen molar-refractivity contribution < 1.29 is 23.2 Å². The Morgan fingerprint density at radius 1 is 1.03 bits per heavy atom. The van der Waals surface area contributed by atoms with E-state index in [-0.39, 0.29) is 0 Å². The number of cyclic esters (lactones) is 1. The van der Waals surface area contributed by atoms with E-state index in [1.165, 1.54) is 11.3 Å². The predicted molar refractivity (Wildman–Crippen MR) is 105 cm³/mol. The molecule has 8 heteroatoms. The van der Waals surface area contributed by atoms with Gasteiger partial charge in [-0.1, -0.05) is 29.5 Å². The van der Waals surface area contributed by atoms with Crippen molar-refractivity contribution in [2.75, 3.05) is 5.32 Å².